The van der Waals surface area contributed by atoms with Crippen molar-refractivity contribution in [1.29, 1.82) is 0 Å². The number of fused-ring (bicyclic) bond motifs is 5. The van der Waals surface area contributed by atoms with Crippen LogP contribution in [0.3, 0.4) is 0 Å². The highest BCUT2D eigenvalue weighted by molar-refractivity contribution is 5.40. The molecule has 0 saturated heterocycles. The summed E-state index contributed by atoms with van der Waals surface area (Å²) in [4.78, 5) is 0. The third kappa shape index (κ3) is 3.53. The summed E-state index contributed by atoms with van der Waals surface area (Å²) < 4.78 is 0. The SMILES string of the molecule is CC(C)CCC[C@@H](C)[C@H]1CC(O)[C@H]2C3=CC(O)C4=C[C@@H](O)CC[C@]4(C)[C@H]3CC[C@@]21C. The molecule has 3 heteroatoms. The van der Waals surface area contributed by atoms with Gasteiger partial charge < -0.3 is 15.3 Å². The van der Waals surface area contributed by atoms with Crippen molar-refractivity contribution in [2.24, 2.45) is 40.4 Å². The molecule has 0 aromatic heterocycles. The standard InChI is InChI=1S/C27H44O3/c1-16(2)7-6-8-17(3)21-15-24(30)25-19-14-23(29)22-13-18(28)9-11-26(22,4)20(19)10-12-27(21,25)5/h13-14,16-18,20-21,23-25,28-30H,6-12,15H2,1-5H3/t17-,18+,20+,21-,23?,24?,25-,26-,27-/m1/s1. The Labute approximate surface area is 183 Å². The van der Waals surface area contributed by atoms with Gasteiger partial charge in [-0.15, -0.1) is 0 Å². The summed E-state index contributed by atoms with van der Waals surface area (Å²) in [6.45, 7) is 11.7. The molecule has 170 valence electrons. The topological polar surface area (TPSA) is 60.7 Å². The number of rotatable bonds is 5. The van der Waals surface area contributed by atoms with Gasteiger partial charge in [0.05, 0.1) is 18.3 Å². The van der Waals surface area contributed by atoms with Crippen LogP contribution in [-0.2, 0) is 0 Å². The molecule has 2 saturated carbocycles. The Morgan fingerprint density at radius 2 is 1.73 bits per heavy atom. The van der Waals surface area contributed by atoms with E-state index in [2.05, 4.69) is 40.7 Å². The second-order valence-corrected chi connectivity index (χ2v) is 12.0. The molecule has 0 spiro atoms. The van der Waals surface area contributed by atoms with E-state index < -0.39 is 12.2 Å². The van der Waals surface area contributed by atoms with Crippen molar-refractivity contribution in [2.75, 3.05) is 0 Å². The van der Waals surface area contributed by atoms with Crippen molar-refractivity contribution in [2.45, 2.75) is 104 Å². The minimum Gasteiger partial charge on any atom is -0.392 e. The second kappa shape index (κ2) is 8.05. The molecule has 0 aromatic carbocycles. The van der Waals surface area contributed by atoms with E-state index >= 15 is 0 Å². The highest BCUT2D eigenvalue weighted by Gasteiger charge is 2.60. The molecule has 4 rings (SSSR count). The predicted octanol–water partition coefficient (Wildman–Crippen LogP) is 5.25. The van der Waals surface area contributed by atoms with E-state index in [-0.39, 0.29) is 22.9 Å². The average molecular weight is 417 g/mol. The summed E-state index contributed by atoms with van der Waals surface area (Å²) in [5.41, 5.74) is 2.40. The Morgan fingerprint density at radius 3 is 2.43 bits per heavy atom. The summed E-state index contributed by atoms with van der Waals surface area (Å²) in [5.74, 6) is 2.52. The number of aliphatic hydroxyl groups is 3. The maximum Gasteiger partial charge on any atom is 0.0941 e. The molecule has 0 heterocycles. The van der Waals surface area contributed by atoms with E-state index in [0.29, 0.717) is 17.8 Å². The minimum absolute atomic E-state index is 0.0786. The summed E-state index contributed by atoms with van der Waals surface area (Å²) >= 11 is 0. The van der Waals surface area contributed by atoms with Crippen LogP contribution in [0.5, 0.6) is 0 Å². The molecule has 4 aliphatic rings. The summed E-state index contributed by atoms with van der Waals surface area (Å²) in [5, 5.41) is 32.5. The van der Waals surface area contributed by atoms with Gasteiger partial charge in [0.15, 0.2) is 0 Å². The fraction of sp³-hybridized carbons (Fsp3) is 0.852. The Balaban J connectivity index is 1.61. The van der Waals surface area contributed by atoms with Crippen LogP contribution < -0.4 is 0 Å². The zero-order chi connectivity index (χ0) is 21.8. The maximum atomic E-state index is 11.3. The van der Waals surface area contributed by atoms with Gasteiger partial charge in [0.2, 0.25) is 0 Å². The lowest BCUT2D eigenvalue weighted by atomic mass is 9.49. The van der Waals surface area contributed by atoms with Crippen LogP contribution in [0, 0.1) is 40.4 Å². The van der Waals surface area contributed by atoms with Gasteiger partial charge in [0.1, 0.15) is 0 Å². The van der Waals surface area contributed by atoms with Crippen LogP contribution >= 0.6 is 0 Å². The van der Waals surface area contributed by atoms with E-state index in [1.54, 1.807) is 0 Å². The highest BCUT2D eigenvalue weighted by atomic mass is 16.3. The molecule has 2 unspecified atom stereocenters. The molecule has 0 aromatic rings. The fourth-order valence-corrected chi connectivity index (χ4v) is 8.11. The van der Waals surface area contributed by atoms with Gasteiger partial charge in [0, 0.05) is 5.92 Å². The van der Waals surface area contributed by atoms with Crippen molar-refractivity contribution in [1.82, 2.24) is 0 Å². The van der Waals surface area contributed by atoms with E-state index in [4.69, 9.17) is 0 Å². The first-order valence-corrected chi connectivity index (χ1v) is 12.6. The molecule has 2 fully saturated rings. The van der Waals surface area contributed by atoms with Crippen LogP contribution in [0.4, 0.5) is 0 Å². The van der Waals surface area contributed by atoms with Gasteiger partial charge in [-0.1, -0.05) is 71.6 Å². The largest absolute Gasteiger partial charge is 0.392 e. The molecule has 0 amide bonds. The van der Waals surface area contributed by atoms with E-state index in [1.807, 2.05) is 6.08 Å². The molecule has 0 aliphatic heterocycles. The quantitative estimate of drug-likeness (QED) is 0.536. The zero-order valence-electron chi connectivity index (χ0n) is 19.8. The van der Waals surface area contributed by atoms with Crippen LogP contribution in [-0.4, -0.2) is 33.6 Å². The van der Waals surface area contributed by atoms with Crippen LogP contribution in [0.1, 0.15) is 86.0 Å². The summed E-state index contributed by atoms with van der Waals surface area (Å²) in [6.07, 6.45) is 11.4. The van der Waals surface area contributed by atoms with Crippen molar-refractivity contribution >= 4 is 0 Å². The van der Waals surface area contributed by atoms with E-state index in [1.165, 1.54) is 24.8 Å². The van der Waals surface area contributed by atoms with Crippen LogP contribution in [0.2, 0.25) is 0 Å². The van der Waals surface area contributed by atoms with Gasteiger partial charge in [-0.3, -0.25) is 0 Å². The smallest absolute Gasteiger partial charge is 0.0941 e. The lowest BCUT2D eigenvalue weighted by molar-refractivity contribution is 0.00963. The second-order valence-electron chi connectivity index (χ2n) is 12.0. The Hall–Kier alpha value is -0.640. The van der Waals surface area contributed by atoms with Gasteiger partial charge in [-0.05, 0) is 72.2 Å². The summed E-state index contributed by atoms with van der Waals surface area (Å²) in [7, 11) is 0. The number of hydrogen-bond donors (Lipinski definition) is 3. The molecular weight excluding hydrogens is 372 g/mol. The lowest BCUT2D eigenvalue weighted by Gasteiger charge is -2.56. The minimum atomic E-state index is -0.617. The third-order valence-corrected chi connectivity index (χ3v) is 9.73. The highest BCUT2D eigenvalue weighted by Crippen LogP contribution is 2.66. The molecule has 9 atom stereocenters. The van der Waals surface area contributed by atoms with Gasteiger partial charge >= 0.3 is 0 Å². The number of hydrogen-bond acceptors (Lipinski definition) is 3. The van der Waals surface area contributed by atoms with Crippen molar-refractivity contribution in [3.8, 4) is 0 Å². The van der Waals surface area contributed by atoms with Gasteiger partial charge in [-0.25, -0.2) is 0 Å². The monoisotopic (exact) mass is 416 g/mol. The van der Waals surface area contributed by atoms with Crippen molar-refractivity contribution in [3.63, 3.8) is 0 Å². The summed E-state index contributed by atoms with van der Waals surface area (Å²) in [6, 6.07) is 0. The first-order valence-electron chi connectivity index (χ1n) is 12.6. The number of aliphatic hydroxyl groups excluding tert-OH is 3. The molecule has 3 nitrogen and oxygen atoms in total. The third-order valence-electron chi connectivity index (χ3n) is 9.73. The Morgan fingerprint density at radius 1 is 1.00 bits per heavy atom. The first-order chi connectivity index (χ1) is 14.1. The first kappa shape index (κ1) is 22.6. The van der Waals surface area contributed by atoms with Crippen LogP contribution in [0.15, 0.2) is 23.3 Å². The molecule has 3 N–H and O–H groups in total. The van der Waals surface area contributed by atoms with E-state index in [0.717, 1.165) is 43.6 Å². The van der Waals surface area contributed by atoms with Crippen molar-refractivity contribution < 1.29 is 15.3 Å². The average Bonchev–Trinajstić information content (AvgIpc) is 2.94. The van der Waals surface area contributed by atoms with Gasteiger partial charge in [0.25, 0.3) is 0 Å². The van der Waals surface area contributed by atoms with Crippen LogP contribution in [0.25, 0.3) is 0 Å². The molecule has 30 heavy (non-hydrogen) atoms. The normalized spacial score (nSPS) is 46.6. The maximum absolute atomic E-state index is 11.3. The lowest BCUT2D eigenvalue weighted by Crippen LogP contribution is -2.50. The van der Waals surface area contributed by atoms with Crippen molar-refractivity contribution in [3.05, 3.63) is 23.3 Å². The Kier molecular flexibility index (Phi) is 6.05. The molecule has 4 aliphatic carbocycles. The predicted molar refractivity (Wildman–Crippen MR) is 122 cm³/mol. The van der Waals surface area contributed by atoms with E-state index in [9.17, 15) is 15.3 Å². The molecule has 0 bridgehead atoms. The zero-order valence-corrected chi connectivity index (χ0v) is 19.8. The molecular formula is C27H44O3. The Bertz CT molecular complexity index is 709. The van der Waals surface area contributed by atoms with Gasteiger partial charge in [-0.2, -0.15) is 0 Å². The fourth-order valence-electron chi connectivity index (χ4n) is 8.11. The molecule has 0 radical (unpaired) electrons.